The summed E-state index contributed by atoms with van der Waals surface area (Å²) in [5.74, 6) is -1.15. The van der Waals surface area contributed by atoms with Gasteiger partial charge in [0.25, 0.3) is 0 Å². The Labute approximate surface area is 99.8 Å². The van der Waals surface area contributed by atoms with Crippen LogP contribution in [0.25, 0.3) is 0 Å². The van der Waals surface area contributed by atoms with E-state index < -0.39 is 24.0 Å². The maximum atomic E-state index is 11.2. The van der Waals surface area contributed by atoms with E-state index in [-0.39, 0.29) is 19.5 Å². The lowest BCUT2D eigenvalue weighted by Crippen LogP contribution is -2.62. The van der Waals surface area contributed by atoms with Crippen LogP contribution in [0.1, 0.15) is 12.8 Å². The Bertz CT molecular complexity index is 291. The highest BCUT2D eigenvalue weighted by molar-refractivity contribution is 6.40. The molecule has 0 bridgehead atoms. The first-order valence-electron chi connectivity index (χ1n) is 5.58. The van der Waals surface area contributed by atoms with Gasteiger partial charge in [0.05, 0.1) is 6.61 Å². The molecule has 1 aliphatic heterocycles. The number of hydrogen-bond donors (Lipinski definition) is 6. The monoisotopic (exact) mass is 246 g/mol. The average molecular weight is 246 g/mol. The minimum atomic E-state index is -1.51. The maximum Gasteiger partial charge on any atom is 0.451 e. The molecule has 1 unspecified atom stereocenters. The van der Waals surface area contributed by atoms with Gasteiger partial charge in [0.15, 0.2) is 0 Å². The van der Waals surface area contributed by atoms with Gasteiger partial charge in [0, 0.05) is 18.5 Å². The smallest absolute Gasteiger partial charge is 0.451 e. The van der Waals surface area contributed by atoms with E-state index in [4.69, 9.17) is 15.8 Å². The first-order chi connectivity index (χ1) is 7.88. The van der Waals surface area contributed by atoms with Crippen molar-refractivity contribution >= 4 is 13.1 Å². The van der Waals surface area contributed by atoms with Gasteiger partial charge >= 0.3 is 13.1 Å². The van der Waals surface area contributed by atoms with Crippen LogP contribution in [0, 0.1) is 5.41 Å². The van der Waals surface area contributed by atoms with Crippen LogP contribution in [-0.2, 0) is 4.79 Å². The molecule has 2 atom stereocenters. The highest BCUT2D eigenvalue weighted by Crippen LogP contribution is 2.38. The second kappa shape index (κ2) is 5.32. The van der Waals surface area contributed by atoms with Crippen molar-refractivity contribution in [3.8, 4) is 0 Å². The molecule has 7 N–H and O–H groups in total. The first kappa shape index (κ1) is 14.4. The van der Waals surface area contributed by atoms with Gasteiger partial charge in [-0.2, -0.15) is 0 Å². The molecule has 7 nitrogen and oxygen atoms in total. The Balaban J connectivity index is 2.76. The van der Waals surface area contributed by atoms with Gasteiger partial charge in [-0.25, -0.2) is 0 Å². The summed E-state index contributed by atoms with van der Waals surface area (Å²) in [7, 11) is -1.42. The van der Waals surface area contributed by atoms with E-state index >= 15 is 0 Å². The Morgan fingerprint density at radius 3 is 2.53 bits per heavy atom. The number of carbonyl (C=O) groups is 1. The van der Waals surface area contributed by atoms with Gasteiger partial charge in [-0.05, 0) is 12.7 Å². The lowest BCUT2D eigenvalue weighted by molar-refractivity contribution is -0.148. The van der Waals surface area contributed by atoms with Crippen LogP contribution < -0.4 is 11.1 Å². The van der Waals surface area contributed by atoms with Crippen LogP contribution in [0.15, 0.2) is 0 Å². The molecule has 0 aliphatic carbocycles. The van der Waals surface area contributed by atoms with Gasteiger partial charge < -0.3 is 31.3 Å². The summed E-state index contributed by atoms with van der Waals surface area (Å²) in [6, 6.07) is 0. The highest BCUT2D eigenvalue weighted by atomic mass is 16.4. The van der Waals surface area contributed by atoms with E-state index in [2.05, 4.69) is 5.32 Å². The van der Waals surface area contributed by atoms with Crippen molar-refractivity contribution in [3.05, 3.63) is 0 Å². The molecule has 0 aromatic heterocycles. The fourth-order valence-corrected chi connectivity index (χ4v) is 2.36. The zero-order chi connectivity index (χ0) is 13.1. The fraction of sp³-hybridized carbons (Fsp3) is 0.889. The van der Waals surface area contributed by atoms with Crippen LogP contribution in [0.3, 0.4) is 0 Å². The van der Waals surface area contributed by atoms with Crippen LogP contribution in [0.2, 0.25) is 6.32 Å². The van der Waals surface area contributed by atoms with Gasteiger partial charge in [-0.1, -0.05) is 6.42 Å². The Hall–Kier alpha value is -0.665. The summed E-state index contributed by atoms with van der Waals surface area (Å²) in [6.07, 6.45) is 0.862. The molecule has 0 spiro atoms. The van der Waals surface area contributed by atoms with Crippen molar-refractivity contribution in [1.29, 1.82) is 0 Å². The Morgan fingerprint density at radius 2 is 2.06 bits per heavy atom. The molecule has 17 heavy (non-hydrogen) atoms. The number of aliphatic hydroxyl groups is 1. The van der Waals surface area contributed by atoms with Crippen LogP contribution in [0.5, 0.6) is 0 Å². The number of hydrogen-bond acceptors (Lipinski definition) is 6. The van der Waals surface area contributed by atoms with Crippen molar-refractivity contribution in [2.75, 3.05) is 19.7 Å². The summed E-state index contributed by atoms with van der Waals surface area (Å²) >= 11 is 0. The molecule has 0 radical (unpaired) electrons. The van der Waals surface area contributed by atoms with E-state index in [1.54, 1.807) is 0 Å². The summed E-state index contributed by atoms with van der Waals surface area (Å²) in [6.45, 7) is 0.0721. The predicted octanol–water partition coefficient (Wildman–Crippen LogP) is -2.40. The highest BCUT2D eigenvalue weighted by Gasteiger charge is 2.57. The SMILES string of the molecule is NC1(C(=O)O)CNC[C@]1(CO)CCCB(O)O. The standard InChI is InChI=1S/C9H19BN2O5/c11-9(7(14)15)5-12-4-8(9,6-13)2-1-3-10(16)17/h12-13,16-17H,1-6,11H2,(H,14,15)/t8-,9?/m0/s1. The van der Waals surface area contributed by atoms with Crippen molar-refractivity contribution in [2.24, 2.45) is 11.1 Å². The van der Waals surface area contributed by atoms with Crippen LogP contribution in [0.4, 0.5) is 0 Å². The van der Waals surface area contributed by atoms with E-state index in [1.165, 1.54) is 0 Å². The lowest BCUT2D eigenvalue weighted by Gasteiger charge is -2.38. The molecular weight excluding hydrogens is 227 g/mol. The van der Waals surface area contributed by atoms with E-state index in [1.807, 2.05) is 0 Å². The normalized spacial score (nSPS) is 32.7. The van der Waals surface area contributed by atoms with E-state index in [0.717, 1.165) is 0 Å². The second-order valence-corrected chi connectivity index (χ2v) is 4.69. The lowest BCUT2D eigenvalue weighted by atomic mass is 9.68. The average Bonchev–Trinajstić information content (AvgIpc) is 2.58. The second-order valence-electron chi connectivity index (χ2n) is 4.69. The molecule has 1 aliphatic rings. The summed E-state index contributed by atoms with van der Waals surface area (Å²) < 4.78 is 0. The zero-order valence-electron chi connectivity index (χ0n) is 9.59. The molecule has 0 aromatic rings. The molecule has 0 aromatic carbocycles. The predicted molar refractivity (Wildman–Crippen MR) is 61.2 cm³/mol. The number of aliphatic hydroxyl groups excluding tert-OH is 1. The van der Waals surface area contributed by atoms with Crippen LogP contribution in [-0.4, -0.2) is 58.6 Å². The van der Waals surface area contributed by atoms with Crippen molar-refractivity contribution in [3.63, 3.8) is 0 Å². The number of carboxylic acid groups (broad SMARTS) is 1. The van der Waals surface area contributed by atoms with Gasteiger partial charge in [0.1, 0.15) is 5.54 Å². The molecule has 0 amide bonds. The molecule has 1 fully saturated rings. The minimum absolute atomic E-state index is 0.102. The van der Waals surface area contributed by atoms with Crippen molar-refractivity contribution in [2.45, 2.75) is 24.7 Å². The topological polar surface area (TPSA) is 136 Å². The van der Waals surface area contributed by atoms with Crippen molar-refractivity contribution < 1.29 is 25.1 Å². The van der Waals surface area contributed by atoms with E-state index in [9.17, 15) is 15.0 Å². The van der Waals surface area contributed by atoms with Gasteiger partial charge in [0.2, 0.25) is 0 Å². The van der Waals surface area contributed by atoms with Crippen molar-refractivity contribution in [1.82, 2.24) is 5.32 Å². The summed E-state index contributed by atoms with van der Waals surface area (Å²) in [5, 5.41) is 39.0. The summed E-state index contributed by atoms with van der Waals surface area (Å²) in [5.41, 5.74) is 3.40. The molecule has 8 heteroatoms. The Morgan fingerprint density at radius 1 is 1.41 bits per heavy atom. The molecule has 98 valence electrons. The maximum absolute atomic E-state index is 11.2. The zero-order valence-corrected chi connectivity index (χ0v) is 9.59. The number of rotatable bonds is 6. The molecule has 1 heterocycles. The quantitative estimate of drug-likeness (QED) is 0.287. The largest absolute Gasteiger partial charge is 0.480 e. The third-order valence-corrected chi connectivity index (χ3v) is 3.62. The molecular formula is C9H19BN2O5. The third kappa shape index (κ3) is 2.61. The molecule has 1 rings (SSSR count). The van der Waals surface area contributed by atoms with Gasteiger partial charge in [-0.3, -0.25) is 4.79 Å². The number of nitrogens with one attached hydrogen (secondary N) is 1. The number of carboxylic acids is 1. The van der Waals surface area contributed by atoms with Gasteiger partial charge in [-0.15, -0.1) is 0 Å². The third-order valence-electron chi connectivity index (χ3n) is 3.62. The molecule has 1 saturated heterocycles. The number of nitrogens with two attached hydrogens (primary N) is 1. The van der Waals surface area contributed by atoms with Crippen LogP contribution >= 0.6 is 0 Å². The minimum Gasteiger partial charge on any atom is -0.480 e. The van der Waals surface area contributed by atoms with E-state index in [0.29, 0.717) is 19.4 Å². The number of aliphatic carboxylic acids is 1. The summed E-state index contributed by atoms with van der Waals surface area (Å²) in [4.78, 5) is 11.2. The fourth-order valence-electron chi connectivity index (χ4n) is 2.36. The molecule has 0 saturated carbocycles. The first-order valence-corrected chi connectivity index (χ1v) is 5.58. The Kier molecular flexibility index (Phi) is 4.51.